The van der Waals surface area contributed by atoms with Crippen LogP contribution in [0.3, 0.4) is 0 Å². The molecule has 1 atom stereocenters. The molecule has 0 radical (unpaired) electrons. The van der Waals surface area contributed by atoms with Gasteiger partial charge in [-0.05, 0) is 42.9 Å². The van der Waals surface area contributed by atoms with Gasteiger partial charge in [-0.25, -0.2) is 0 Å². The maximum Gasteiger partial charge on any atom is 0.0344 e. The first-order chi connectivity index (χ1) is 9.76. The maximum atomic E-state index is 6.19. The zero-order valence-corrected chi connectivity index (χ0v) is 15.8. The van der Waals surface area contributed by atoms with Crippen molar-refractivity contribution < 1.29 is 0 Å². The first-order valence-corrected chi connectivity index (χ1v) is 8.75. The molecule has 2 nitrogen and oxygen atoms in total. The van der Waals surface area contributed by atoms with Crippen molar-refractivity contribution in [2.24, 2.45) is 17.6 Å². The normalized spacial score (nSPS) is 15.0. The molecular weight excluding hydrogens is 324 g/mol. The molecule has 1 aromatic rings. The van der Waals surface area contributed by atoms with Crippen LogP contribution in [-0.4, -0.2) is 30.1 Å². The topological polar surface area (TPSA) is 29.3 Å². The zero-order chi connectivity index (χ0) is 16.0. The Balaban J connectivity index is 2.93. The molecule has 1 unspecified atom stereocenters. The van der Waals surface area contributed by atoms with Crippen molar-refractivity contribution in [3.63, 3.8) is 0 Å². The molecule has 0 bridgehead atoms. The van der Waals surface area contributed by atoms with Crippen molar-refractivity contribution in [1.82, 2.24) is 4.90 Å². The van der Waals surface area contributed by atoms with Crippen LogP contribution in [-0.2, 0) is 6.42 Å². The highest BCUT2D eigenvalue weighted by Crippen LogP contribution is 2.24. The molecular formula is C18H31BrN2. The van der Waals surface area contributed by atoms with Crippen LogP contribution in [0.2, 0.25) is 0 Å². The summed E-state index contributed by atoms with van der Waals surface area (Å²) in [6.45, 7) is 14.3. The molecule has 0 aliphatic heterocycles. The molecule has 2 N–H and O–H groups in total. The summed E-state index contributed by atoms with van der Waals surface area (Å²) >= 11 is 3.50. The van der Waals surface area contributed by atoms with Crippen LogP contribution >= 0.6 is 15.9 Å². The van der Waals surface area contributed by atoms with E-state index >= 15 is 0 Å². The van der Waals surface area contributed by atoms with E-state index in [2.05, 4.69) is 79.7 Å². The zero-order valence-electron chi connectivity index (χ0n) is 14.2. The lowest BCUT2D eigenvalue weighted by Gasteiger charge is -2.43. The minimum Gasteiger partial charge on any atom is -0.329 e. The SMILES string of the molecule is CC(C)CN(CC(C)C)C(C)(CN)Cc1ccc(Br)cc1. The van der Waals surface area contributed by atoms with Crippen molar-refractivity contribution in [2.45, 2.75) is 46.6 Å². The van der Waals surface area contributed by atoms with Gasteiger partial charge in [-0.2, -0.15) is 0 Å². The predicted octanol–water partition coefficient (Wildman–Crippen LogP) is 4.32. The van der Waals surface area contributed by atoms with E-state index in [9.17, 15) is 0 Å². The molecule has 0 spiro atoms. The lowest BCUT2D eigenvalue weighted by molar-refractivity contribution is 0.0818. The summed E-state index contributed by atoms with van der Waals surface area (Å²) < 4.78 is 1.13. The van der Waals surface area contributed by atoms with Crippen LogP contribution in [0, 0.1) is 11.8 Å². The molecule has 21 heavy (non-hydrogen) atoms. The molecule has 0 aliphatic rings. The van der Waals surface area contributed by atoms with E-state index in [-0.39, 0.29) is 5.54 Å². The monoisotopic (exact) mass is 354 g/mol. The van der Waals surface area contributed by atoms with Crippen molar-refractivity contribution in [1.29, 1.82) is 0 Å². The van der Waals surface area contributed by atoms with Crippen LogP contribution < -0.4 is 5.73 Å². The maximum absolute atomic E-state index is 6.19. The van der Waals surface area contributed by atoms with Gasteiger partial charge in [0.15, 0.2) is 0 Å². The standard InChI is InChI=1S/C18H31BrN2/c1-14(2)11-21(12-15(3)4)18(5,13-20)10-16-6-8-17(19)9-7-16/h6-9,14-15H,10-13,20H2,1-5H3. The molecule has 0 saturated heterocycles. The summed E-state index contributed by atoms with van der Waals surface area (Å²) in [6, 6.07) is 8.62. The Morgan fingerprint density at radius 2 is 1.52 bits per heavy atom. The van der Waals surface area contributed by atoms with Gasteiger partial charge in [-0.15, -0.1) is 0 Å². The van der Waals surface area contributed by atoms with Gasteiger partial charge in [0.1, 0.15) is 0 Å². The van der Waals surface area contributed by atoms with Gasteiger partial charge in [-0.3, -0.25) is 4.90 Å². The van der Waals surface area contributed by atoms with E-state index in [4.69, 9.17) is 5.73 Å². The molecule has 0 heterocycles. The average molecular weight is 355 g/mol. The fourth-order valence-corrected chi connectivity index (χ4v) is 3.02. The molecule has 0 fully saturated rings. The van der Waals surface area contributed by atoms with Crippen LogP contribution in [0.25, 0.3) is 0 Å². The summed E-state index contributed by atoms with van der Waals surface area (Å²) in [5.41, 5.74) is 7.55. The van der Waals surface area contributed by atoms with E-state index < -0.39 is 0 Å². The number of halogens is 1. The fraction of sp³-hybridized carbons (Fsp3) is 0.667. The highest BCUT2D eigenvalue weighted by Gasteiger charge is 2.31. The third kappa shape index (κ3) is 6.09. The second kappa shape index (κ2) is 8.30. The van der Waals surface area contributed by atoms with Gasteiger partial charge >= 0.3 is 0 Å². The van der Waals surface area contributed by atoms with E-state index in [0.717, 1.165) is 24.0 Å². The summed E-state index contributed by atoms with van der Waals surface area (Å²) in [5, 5.41) is 0. The third-order valence-electron chi connectivity index (χ3n) is 3.87. The first kappa shape index (κ1) is 18.7. The summed E-state index contributed by atoms with van der Waals surface area (Å²) in [5.74, 6) is 1.30. The molecule has 0 aliphatic carbocycles. The fourth-order valence-electron chi connectivity index (χ4n) is 2.75. The summed E-state index contributed by atoms with van der Waals surface area (Å²) in [4.78, 5) is 2.59. The largest absolute Gasteiger partial charge is 0.329 e. The van der Waals surface area contributed by atoms with Gasteiger partial charge in [0.05, 0.1) is 0 Å². The minimum atomic E-state index is 0.0162. The van der Waals surface area contributed by atoms with Crippen LogP contribution in [0.5, 0.6) is 0 Å². The van der Waals surface area contributed by atoms with Gasteiger partial charge in [0, 0.05) is 29.6 Å². The van der Waals surface area contributed by atoms with E-state index in [0.29, 0.717) is 18.4 Å². The van der Waals surface area contributed by atoms with Crippen molar-refractivity contribution in [3.8, 4) is 0 Å². The van der Waals surface area contributed by atoms with Crippen LogP contribution in [0.4, 0.5) is 0 Å². The molecule has 0 amide bonds. The Morgan fingerprint density at radius 1 is 1.05 bits per heavy atom. The summed E-state index contributed by atoms with van der Waals surface area (Å²) in [7, 11) is 0. The van der Waals surface area contributed by atoms with Crippen molar-refractivity contribution >= 4 is 15.9 Å². The highest BCUT2D eigenvalue weighted by molar-refractivity contribution is 9.10. The number of rotatable bonds is 8. The Labute approximate surface area is 139 Å². The molecule has 120 valence electrons. The lowest BCUT2D eigenvalue weighted by Crippen LogP contribution is -2.55. The number of benzene rings is 1. The summed E-state index contributed by atoms with van der Waals surface area (Å²) in [6.07, 6.45) is 0.996. The highest BCUT2D eigenvalue weighted by atomic mass is 79.9. The quantitative estimate of drug-likeness (QED) is 0.752. The lowest BCUT2D eigenvalue weighted by atomic mass is 9.89. The van der Waals surface area contributed by atoms with E-state index in [1.807, 2.05) is 0 Å². The van der Waals surface area contributed by atoms with E-state index in [1.165, 1.54) is 5.56 Å². The van der Waals surface area contributed by atoms with Gasteiger partial charge < -0.3 is 5.73 Å². The van der Waals surface area contributed by atoms with Crippen molar-refractivity contribution in [2.75, 3.05) is 19.6 Å². The minimum absolute atomic E-state index is 0.0162. The number of nitrogens with zero attached hydrogens (tertiary/aromatic N) is 1. The predicted molar refractivity (Wildman–Crippen MR) is 96.6 cm³/mol. The molecule has 3 heteroatoms. The Morgan fingerprint density at radius 3 is 1.90 bits per heavy atom. The second-order valence-electron chi connectivity index (χ2n) is 7.20. The second-order valence-corrected chi connectivity index (χ2v) is 8.11. The van der Waals surface area contributed by atoms with Gasteiger partial charge in [0.2, 0.25) is 0 Å². The van der Waals surface area contributed by atoms with Crippen molar-refractivity contribution in [3.05, 3.63) is 34.3 Å². The average Bonchev–Trinajstić information content (AvgIpc) is 2.39. The molecule has 0 saturated carbocycles. The van der Waals surface area contributed by atoms with Crippen LogP contribution in [0.15, 0.2) is 28.7 Å². The third-order valence-corrected chi connectivity index (χ3v) is 4.40. The smallest absolute Gasteiger partial charge is 0.0344 e. The number of hydrogen-bond donors (Lipinski definition) is 1. The molecule has 0 aromatic heterocycles. The first-order valence-electron chi connectivity index (χ1n) is 7.96. The van der Waals surface area contributed by atoms with Gasteiger partial charge in [-0.1, -0.05) is 55.8 Å². The molecule has 1 aromatic carbocycles. The van der Waals surface area contributed by atoms with E-state index in [1.54, 1.807) is 0 Å². The van der Waals surface area contributed by atoms with Crippen LogP contribution in [0.1, 0.15) is 40.2 Å². The Hall–Kier alpha value is -0.380. The van der Waals surface area contributed by atoms with Gasteiger partial charge in [0.25, 0.3) is 0 Å². The number of nitrogens with two attached hydrogens (primary N) is 1. The molecule has 1 rings (SSSR count). The Bertz CT molecular complexity index is 404. The Kier molecular flexibility index (Phi) is 7.38. The number of hydrogen-bond acceptors (Lipinski definition) is 2.